The summed E-state index contributed by atoms with van der Waals surface area (Å²) in [4.78, 5) is 11.1. The zero-order valence-corrected chi connectivity index (χ0v) is 12.5. The molecule has 0 amide bonds. The molecular formula is C14H19NO4S. The number of hydrogen-bond donors (Lipinski definition) is 2. The van der Waals surface area contributed by atoms with Gasteiger partial charge < -0.3 is 5.11 Å². The maximum Gasteiger partial charge on any atom is 0.335 e. The highest BCUT2D eigenvalue weighted by Crippen LogP contribution is 2.44. The quantitative estimate of drug-likeness (QED) is 0.841. The Hall–Kier alpha value is -1.40. The molecular weight excluding hydrogens is 278 g/mol. The molecule has 0 saturated heterocycles. The van der Waals surface area contributed by atoms with E-state index in [-0.39, 0.29) is 15.9 Å². The number of sulfonamides is 1. The van der Waals surface area contributed by atoms with E-state index in [1.54, 1.807) is 6.07 Å². The van der Waals surface area contributed by atoms with Crippen LogP contribution in [0.25, 0.3) is 0 Å². The molecule has 110 valence electrons. The molecule has 0 bridgehead atoms. The summed E-state index contributed by atoms with van der Waals surface area (Å²) in [5.74, 6) is -1.13. The van der Waals surface area contributed by atoms with Gasteiger partial charge in [-0.25, -0.2) is 17.9 Å². The maximum atomic E-state index is 12.4. The van der Waals surface area contributed by atoms with E-state index >= 15 is 0 Å². The van der Waals surface area contributed by atoms with Crippen LogP contribution in [-0.2, 0) is 16.4 Å². The van der Waals surface area contributed by atoms with Gasteiger partial charge in [-0.3, -0.25) is 0 Å². The summed E-state index contributed by atoms with van der Waals surface area (Å²) in [5, 5.41) is 8.99. The van der Waals surface area contributed by atoms with Gasteiger partial charge in [0.1, 0.15) is 0 Å². The minimum Gasteiger partial charge on any atom is -0.478 e. The van der Waals surface area contributed by atoms with Crippen molar-refractivity contribution < 1.29 is 18.3 Å². The monoisotopic (exact) mass is 297 g/mol. The molecule has 1 aromatic rings. The maximum absolute atomic E-state index is 12.4. The van der Waals surface area contributed by atoms with Gasteiger partial charge in [0.05, 0.1) is 10.5 Å². The molecule has 6 heteroatoms. The summed E-state index contributed by atoms with van der Waals surface area (Å²) in [5.41, 5.74) is 0.674. The van der Waals surface area contributed by atoms with Crippen LogP contribution in [0.3, 0.4) is 0 Å². The number of carboxylic acid groups (broad SMARTS) is 1. The fourth-order valence-electron chi connectivity index (χ4n) is 1.97. The predicted octanol–water partition coefficient (Wildman–Crippen LogP) is 2.03. The SMILES string of the molecule is CCc1ccc(C(=O)O)cc1S(=O)(=O)NCC1(C)CC1. The van der Waals surface area contributed by atoms with Crippen molar-refractivity contribution in [2.24, 2.45) is 5.41 Å². The summed E-state index contributed by atoms with van der Waals surface area (Å²) >= 11 is 0. The molecule has 0 spiro atoms. The van der Waals surface area contributed by atoms with Crippen LogP contribution in [-0.4, -0.2) is 26.0 Å². The average Bonchev–Trinajstić information content (AvgIpc) is 3.14. The fraction of sp³-hybridized carbons (Fsp3) is 0.500. The second kappa shape index (κ2) is 5.18. The molecule has 0 aromatic heterocycles. The number of carbonyl (C=O) groups is 1. The van der Waals surface area contributed by atoms with Gasteiger partial charge in [-0.05, 0) is 42.4 Å². The van der Waals surface area contributed by atoms with Crippen LogP contribution in [0.5, 0.6) is 0 Å². The van der Waals surface area contributed by atoms with E-state index in [1.165, 1.54) is 12.1 Å². The number of nitrogens with one attached hydrogen (secondary N) is 1. The summed E-state index contributed by atoms with van der Waals surface area (Å²) in [6.07, 6.45) is 2.57. The predicted molar refractivity (Wildman–Crippen MR) is 75.3 cm³/mol. The van der Waals surface area contributed by atoms with Gasteiger partial charge in [-0.1, -0.05) is 19.9 Å². The van der Waals surface area contributed by atoms with E-state index in [0.29, 0.717) is 18.5 Å². The van der Waals surface area contributed by atoms with E-state index in [0.717, 1.165) is 12.8 Å². The molecule has 0 heterocycles. The third kappa shape index (κ3) is 3.19. The third-order valence-corrected chi connectivity index (χ3v) is 5.26. The lowest BCUT2D eigenvalue weighted by atomic mass is 10.1. The van der Waals surface area contributed by atoms with Gasteiger partial charge in [-0.15, -0.1) is 0 Å². The van der Waals surface area contributed by atoms with E-state index in [9.17, 15) is 13.2 Å². The molecule has 1 saturated carbocycles. The first kappa shape index (κ1) is 15.0. The molecule has 0 radical (unpaired) electrons. The van der Waals surface area contributed by atoms with Crippen molar-refractivity contribution in [2.45, 2.75) is 38.0 Å². The van der Waals surface area contributed by atoms with Gasteiger partial charge >= 0.3 is 5.97 Å². The first-order valence-electron chi connectivity index (χ1n) is 6.63. The molecule has 1 fully saturated rings. The van der Waals surface area contributed by atoms with Crippen molar-refractivity contribution in [3.8, 4) is 0 Å². The van der Waals surface area contributed by atoms with Gasteiger partial charge in [0.25, 0.3) is 0 Å². The highest BCUT2D eigenvalue weighted by atomic mass is 32.2. The molecule has 20 heavy (non-hydrogen) atoms. The molecule has 0 atom stereocenters. The molecule has 1 aromatic carbocycles. The zero-order chi connectivity index (χ0) is 15.0. The number of rotatable bonds is 6. The number of aromatic carboxylic acids is 1. The lowest BCUT2D eigenvalue weighted by Gasteiger charge is -2.14. The van der Waals surface area contributed by atoms with Crippen LogP contribution in [0.2, 0.25) is 0 Å². The Morgan fingerprint density at radius 1 is 1.40 bits per heavy atom. The zero-order valence-electron chi connectivity index (χ0n) is 11.6. The van der Waals surface area contributed by atoms with Crippen LogP contribution in [0, 0.1) is 5.41 Å². The minimum absolute atomic E-state index is 0.0137. The fourth-order valence-corrected chi connectivity index (χ4v) is 3.50. The van der Waals surface area contributed by atoms with Crippen LogP contribution in [0.1, 0.15) is 42.6 Å². The molecule has 5 nitrogen and oxygen atoms in total. The Kier molecular flexibility index (Phi) is 3.88. The molecule has 2 rings (SSSR count). The molecule has 1 aliphatic rings. The van der Waals surface area contributed by atoms with Crippen molar-refractivity contribution in [1.29, 1.82) is 0 Å². The van der Waals surface area contributed by atoms with Crippen LogP contribution < -0.4 is 4.72 Å². The first-order valence-corrected chi connectivity index (χ1v) is 8.12. The van der Waals surface area contributed by atoms with Crippen molar-refractivity contribution in [3.63, 3.8) is 0 Å². The first-order chi connectivity index (χ1) is 9.27. The second-order valence-electron chi connectivity index (χ2n) is 5.62. The summed E-state index contributed by atoms with van der Waals surface area (Å²) in [6.45, 7) is 4.27. The van der Waals surface area contributed by atoms with Gasteiger partial charge in [0, 0.05) is 6.54 Å². The number of aryl methyl sites for hydroxylation is 1. The Morgan fingerprint density at radius 2 is 2.05 bits per heavy atom. The van der Waals surface area contributed by atoms with Crippen LogP contribution in [0.15, 0.2) is 23.1 Å². The smallest absolute Gasteiger partial charge is 0.335 e. The highest BCUT2D eigenvalue weighted by Gasteiger charge is 2.38. The summed E-state index contributed by atoms with van der Waals surface area (Å²) < 4.78 is 27.3. The lowest BCUT2D eigenvalue weighted by Crippen LogP contribution is -2.30. The Labute approximate surface area is 119 Å². The Morgan fingerprint density at radius 3 is 2.55 bits per heavy atom. The topological polar surface area (TPSA) is 83.5 Å². The van der Waals surface area contributed by atoms with E-state index < -0.39 is 16.0 Å². The van der Waals surface area contributed by atoms with Crippen molar-refractivity contribution in [2.75, 3.05) is 6.54 Å². The number of benzene rings is 1. The van der Waals surface area contributed by atoms with Crippen molar-refractivity contribution in [1.82, 2.24) is 4.72 Å². The standard InChI is InChI=1S/C14H19NO4S/c1-3-10-4-5-11(13(16)17)8-12(10)20(18,19)15-9-14(2)6-7-14/h4-5,8,15H,3,6-7,9H2,1-2H3,(H,16,17). The molecule has 1 aliphatic carbocycles. The molecule has 2 N–H and O–H groups in total. The average molecular weight is 297 g/mol. The third-order valence-electron chi connectivity index (χ3n) is 3.78. The highest BCUT2D eigenvalue weighted by molar-refractivity contribution is 7.89. The summed E-state index contributed by atoms with van der Waals surface area (Å²) in [7, 11) is -3.67. The lowest BCUT2D eigenvalue weighted by molar-refractivity contribution is 0.0696. The normalized spacial score (nSPS) is 16.9. The minimum atomic E-state index is -3.67. The largest absolute Gasteiger partial charge is 0.478 e. The van der Waals surface area contributed by atoms with Gasteiger partial charge in [0.2, 0.25) is 10.0 Å². The van der Waals surface area contributed by atoms with E-state index in [2.05, 4.69) is 4.72 Å². The number of hydrogen-bond acceptors (Lipinski definition) is 3. The Balaban J connectivity index is 2.32. The van der Waals surface area contributed by atoms with Gasteiger partial charge in [-0.2, -0.15) is 0 Å². The molecule has 0 aliphatic heterocycles. The number of carboxylic acids is 1. The van der Waals surface area contributed by atoms with Crippen molar-refractivity contribution >= 4 is 16.0 Å². The summed E-state index contributed by atoms with van der Waals surface area (Å²) in [6, 6.07) is 4.23. The Bertz CT molecular complexity index is 633. The van der Waals surface area contributed by atoms with Crippen LogP contribution in [0.4, 0.5) is 0 Å². The van der Waals surface area contributed by atoms with Crippen LogP contribution >= 0.6 is 0 Å². The molecule has 0 unspecified atom stereocenters. The second-order valence-corrected chi connectivity index (χ2v) is 7.35. The van der Waals surface area contributed by atoms with E-state index in [4.69, 9.17) is 5.11 Å². The van der Waals surface area contributed by atoms with E-state index in [1.807, 2.05) is 13.8 Å². The van der Waals surface area contributed by atoms with Gasteiger partial charge in [0.15, 0.2) is 0 Å². The van der Waals surface area contributed by atoms with Crippen molar-refractivity contribution in [3.05, 3.63) is 29.3 Å².